The quantitative estimate of drug-likeness (QED) is 0.177. The van der Waals surface area contributed by atoms with Crippen LogP contribution in [0.3, 0.4) is 0 Å². The molecule has 1 heterocycles. The van der Waals surface area contributed by atoms with Crippen molar-refractivity contribution in [3.8, 4) is 11.5 Å². The zero-order valence-corrected chi connectivity index (χ0v) is 21.8. The van der Waals surface area contributed by atoms with Gasteiger partial charge in [0.05, 0.1) is 41.6 Å². The number of sulfone groups is 1. The number of ether oxygens (including phenoxy) is 3. The third kappa shape index (κ3) is 6.11. The van der Waals surface area contributed by atoms with E-state index in [0.29, 0.717) is 0 Å². The lowest BCUT2D eigenvalue weighted by Crippen LogP contribution is -2.30. The van der Waals surface area contributed by atoms with E-state index in [1.165, 1.54) is 57.5 Å². The number of hydrazone groups is 1. The maximum Gasteiger partial charge on any atom is 0.305 e. The van der Waals surface area contributed by atoms with Crippen LogP contribution in [0.1, 0.15) is 20.3 Å². The second kappa shape index (κ2) is 11.8. The van der Waals surface area contributed by atoms with E-state index in [-0.39, 0.29) is 52.2 Å². The fourth-order valence-electron chi connectivity index (χ4n) is 3.36. The van der Waals surface area contributed by atoms with Crippen LogP contribution in [-0.2, 0) is 24.2 Å². The minimum absolute atomic E-state index is 0.0385. The number of rotatable bonds is 11. The van der Waals surface area contributed by atoms with Gasteiger partial charge in [-0.15, -0.1) is 5.11 Å². The minimum atomic E-state index is -3.89. The first-order valence-corrected chi connectivity index (χ1v) is 12.9. The number of amides is 1. The molecule has 0 aliphatic carbocycles. The van der Waals surface area contributed by atoms with Gasteiger partial charge in [-0.1, -0.05) is 6.92 Å². The Morgan fingerprint density at radius 3 is 2.55 bits per heavy atom. The Kier molecular flexibility index (Phi) is 8.72. The van der Waals surface area contributed by atoms with E-state index in [1.807, 2.05) is 0 Å². The maximum atomic E-state index is 13.2. The normalized spacial score (nSPS) is 15.5. The number of carbonyl (C=O) groups excluding carboxylic acids is 2. The maximum absolute atomic E-state index is 13.2. The van der Waals surface area contributed by atoms with Crippen molar-refractivity contribution in [3.05, 3.63) is 46.5 Å². The second-order valence-electron chi connectivity index (χ2n) is 7.85. The predicted molar refractivity (Wildman–Crippen MR) is 135 cm³/mol. The topological polar surface area (TPSA) is 179 Å². The third-order valence-electron chi connectivity index (χ3n) is 5.40. The van der Waals surface area contributed by atoms with E-state index in [4.69, 9.17) is 14.2 Å². The molecular weight excluding hydrogens is 522 g/mol. The summed E-state index contributed by atoms with van der Waals surface area (Å²) in [4.78, 5) is 35.1. The number of hydrogen-bond acceptors (Lipinski definition) is 12. The molecule has 14 nitrogen and oxygen atoms in total. The Morgan fingerprint density at radius 1 is 1.18 bits per heavy atom. The van der Waals surface area contributed by atoms with Crippen molar-refractivity contribution in [2.24, 2.45) is 15.3 Å². The minimum Gasteiger partial charge on any atom is -0.496 e. The van der Waals surface area contributed by atoms with Crippen molar-refractivity contribution in [3.63, 3.8) is 0 Å². The number of hydrogen-bond donors (Lipinski definition) is 0. The Bertz CT molecular complexity index is 1420. The highest BCUT2D eigenvalue weighted by atomic mass is 32.2. The Morgan fingerprint density at radius 2 is 1.92 bits per heavy atom. The van der Waals surface area contributed by atoms with Crippen LogP contribution in [0.5, 0.6) is 11.5 Å². The summed E-state index contributed by atoms with van der Waals surface area (Å²) in [6.07, 6.45) is 0.117. The first-order valence-electron chi connectivity index (χ1n) is 11.2. The molecule has 1 unspecified atom stereocenters. The van der Waals surface area contributed by atoms with Crippen LogP contribution in [0.15, 0.2) is 56.6 Å². The number of methoxy groups -OCH3 is 2. The van der Waals surface area contributed by atoms with E-state index < -0.39 is 38.4 Å². The average molecular weight is 548 g/mol. The summed E-state index contributed by atoms with van der Waals surface area (Å²) in [5.41, 5.74) is -0.202. The van der Waals surface area contributed by atoms with Crippen LogP contribution in [0.4, 0.5) is 17.1 Å². The molecule has 15 heteroatoms. The monoisotopic (exact) mass is 547 g/mol. The van der Waals surface area contributed by atoms with E-state index >= 15 is 0 Å². The molecule has 0 saturated carbocycles. The van der Waals surface area contributed by atoms with E-state index in [9.17, 15) is 28.1 Å². The number of nitrogens with zero attached hydrogens (tertiary/aromatic N) is 5. The lowest BCUT2D eigenvalue weighted by Gasteiger charge is -2.17. The summed E-state index contributed by atoms with van der Waals surface area (Å²) in [6.45, 7) is 2.78. The van der Waals surface area contributed by atoms with Crippen LogP contribution in [0, 0.1) is 10.1 Å². The zero-order chi connectivity index (χ0) is 28.0. The first-order chi connectivity index (χ1) is 18.0. The van der Waals surface area contributed by atoms with Crippen LogP contribution in [0.2, 0.25) is 0 Å². The van der Waals surface area contributed by atoms with Crippen LogP contribution in [0.25, 0.3) is 0 Å². The summed E-state index contributed by atoms with van der Waals surface area (Å²) in [7, 11) is -1.18. The van der Waals surface area contributed by atoms with Gasteiger partial charge >= 0.3 is 5.97 Å². The van der Waals surface area contributed by atoms with Gasteiger partial charge < -0.3 is 14.2 Å². The summed E-state index contributed by atoms with van der Waals surface area (Å²) in [6, 6.07) is 6.65. The number of nitro benzene ring substituents is 1. The van der Waals surface area contributed by atoms with E-state index in [1.54, 1.807) is 6.92 Å². The van der Waals surface area contributed by atoms with Crippen molar-refractivity contribution >= 4 is 44.5 Å². The Balaban J connectivity index is 1.89. The van der Waals surface area contributed by atoms with Crippen molar-refractivity contribution in [2.75, 3.05) is 31.6 Å². The largest absolute Gasteiger partial charge is 0.496 e. The second-order valence-corrected chi connectivity index (χ2v) is 9.96. The molecule has 0 fully saturated rings. The van der Waals surface area contributed by atoms with Crippen molar-refractivity contribution in [1.29, 1.82) is 0 Å². The zero-order valence-electron chi connectivity index (χ0n) is 21.0. The molecule has 0 aromatic heterocycles. The molecule has 0 saturated heterocycles. The molecule has 1 atom stereocenters. The van der Waals surface area contributed by atoms with Gasteiger partial charge in [0.1, 0.15) is 23.8 Å². The Labute approximate surface area is 218 Å². The number of nitro groups is 1. The highest BCUT2D eigenvalue weighted by molar-refractivity contribution is 7.91. The molecule has 0 radical (unpaired) electrons. The van der Waals surface area contributed by atoms with E-state index in [2.05, 4.69) is 15.3 Å². The summed E-state index contributed by atoms with van der Waals surface area (Å²) >= 11 is 0. The fourth-order valence-corrected chi connectivity index (χ4v) is 4.46. The fraction of sp³-hybridized carbons (Fsp3) is 0.348. The van der Waals surface area contributed by atoms with Gasteiger partial charge in [-0.05, 0) is 37.3 Å². The SMILES string of the molecule is CCC(=O)OCCS(=O)(=O)c1ccc(OC)c(N2N=C(C)C(N=Nc3ccc(OC)cc3[N+](=O)[O-])C2=O)c1. The first kappa shape index (κ1) is 28.2. The van der Waals surface area contributed by atoms with E-state index in [0.717, 1.165) is 5.01 Å². The molecule has 38 heavy (non-hydrogen) atoms. The lowest BCUT2D eigenvalue weighted by atomic mass is 10.2. The van der Waals surface area contributed by atoms with Gasteiger partial charge in [0.15, 0.2) is 21.6 Å². The molecule has 1 amide bonds. The van der Waals surface area contributed by atoms with Crippen LogP contribution in [-0.4, -0.2) is 63.6 Å². The summed E-state index contributed by atoms with van der Waals surface area (Å²) in [5, 5.41) is 24.4. The molecule has 0 spiro atoms. The number of azo groups is 1. The standard InChI is InChI=1S/C23H25N5O9S/c1-5-21(29)37-10-11-38(33,34)16-7-9-20(36-4)19(13-16)27-23(30)22(14(2)26-27)25-24-17-8-6-15(35-3)12-18(17)28(31)32/h6-9,12-13,22H,5,10-11H2,1-4H3. The van der Waals surface area contributed by atoms with Crippen LogP contribution >= 0.6 is 0 Å². The predicted octanol–water partition coefficient (Wildman–Crippen LogP) is 3.21. The molecule has 202 valence electrons. The highest BCUT2D eigenvalue weighted by Crippen LogP contribution is 2.35. The average Bonchev–Trinajstić information content (AvgIpc) is 3.19. The van der Waals surface area contributed by atoms with Crippen LogP contribution < -0.4 is 14.5 Å². The van der Waals surface area contributed by atoms with Gasteiger partial charge in [0, 0.05) is 6.42 Å². The molecule has 2 aromatic rings. The van der Waals surface area contributed by atoms with Crippen molar-refractivity contribution < 1.29 is 37.1 Å². The van der Waals surface area contributed by atoms with Gasteiger partial charge in [-0.3, -0.25) is 19.7 Å². The van der Waals surface area contributed by atoms with Crippen molar-refractivity contribution in [2.45, 2.75) is 31.2 Å². The van der Waals surface area contributed by atoms with Gasteiger partial charge in [0.25, 0.3) is 11.6 Å². The number of esters is 1. The smallest absolute Gasteiger partial charge is 0.305 e. The summed E-state index contributed by atoms with van der Waals surface area (Å²) in [5.74, 6) is -1.25. The lowest BCUT2D eigenvalue weighted by molar-refractivity contribution is -0.384. The molecule has 1 aliphatic rings. The molecule has 3 rings (SSSR count). The molecule has 1 aliphatic heterocycles. The van der Waals surface area contributed by atoms with Gasteiger partial charge in [0.2, 0.25) is 0 Å². The number of carbonyl (C=O) groups is 2. The van der Waals surface area contributed by atoms with Crippen molar-refractivity contribution in [1.82, 2.24) is 0 Å². The highest BCUT2D eigenvalue weighted by Gasteiger charge is 2.37. The van der Waals surface area contributed by atoms with Gasteiger partial charge in [-0.2, -0.15) is 15.2 Å². The summed E-state index contributed by atoms with van der Waals surface area (Å²) < 4.78 is 40.8. The molecule has 0 bridgehead atoms. The molecular formula is C23H25N5O9S. The molecule has 0 N–H and O–H groups in total. The Hall–Kier alpha value is -4.40. The molecule has 2 aromatic carbocycles. The number of benzene rings is 2. The van der Waals surface area contributed by atoms with Gasteiger partial charge in [-0.25, -0.2) is 8.42 Å². The number of anilines is 1. The third-order valence-corrected chi connectivity index (χ3v) is 7.07.